The zero-order valence-electron chi connectivity index (χ0n) is 8.73. The Morgan fingerprint density at radius 2 is 1.93 bits per heavy atom. The highest BCUT2D eigenvalue weighted by Crippen LogP contribution is 2.18. The minimum atomic E-state index is -1.11. The molecule has 4 heteroatoms. The highest BCUT2D eigenvalue weighted by Gasteiger charge is 2.15. The van der Waals surface area contributed by atoms with E-state index in [1.54, 1.807) is 13.1 Å². The zero-order valence-corrected chi connectivity index (χ0v) is 8.73. The van der Waals surface area contributed by atoms with Crippen molar-refractivity contribution in [3.05, 3.63) is 29.8 Å². The lowest BCUT2D eigenvalue weighted by molar-refractivity contribution is -0.140. The van der Waals surface area contributed by atoms with E-state index in [0.29, 0.717) is 0 Å². The van der Waals surface area contributed by atoms with Crippen LogP contribution in [0.5, 0.6) is 0 Å². The van der Waals surface area contributed by atoms with Crippen molar-refractivity contribution in [1.82, 2.24) is 0 Å². The van der Waals surface area contributed by atoms with E-state index < -0.39 is 18.3 Å². The van der Waals surface area contributed by atoms with Crippen molar-refractivity contribution in [2.24, 2.45) is 0 Å². The summed E-state index contributed by atoms with van der Waals surface area (Å²) in [5.74, 6) is -1.53. The summed E-state index contributed by atoms with van der Waals surface area (Å²) in [4.78, 5) is 23.2. The lowest BCUT2D eigenvalue weighted by Crippen LogP contribution is -2.28. The van der Waals surface area contributed by atoms with Gasteiger partial charge in [0.15, 0.2) is 0 Å². The van der Waals surface area contributed by atoms with Gasteiger partial charge in [0.25, 0.3) is 0 Å². The molecule has 1 aromatic rings. The van der Waals surface area contributed by atoms with Crippen LogP contribution < -0.4 is 4.90 Å². The van der Waals surface area contributed by atoms with Crippen LogP contribution in [0, 0.1) is 6.92 Å². The first-order valence-electron chi connectivity index (χ1n) is 4.56. The van der Waals surface area contributed by atoms with E-state index in [1.165, 1.54) is 4.90 Å². The molecule has 0 aliphatic heterocycles. The molecule has 4 nitrogen and oxygen atoms in total. The SMILES string of the molecule is Cc1ccccc1N(C)C(=O)CC(=O)O. The fourth-order valence-electron chi connectivity index (χ4n) is 1.32. The number of hydrogen-bond acceptors (Lipinski definition) is 2. The first kappa shape index (κ1) is 11.2. The lowest BCUT2D eigenvalue weighted by atomic mass is 10.2. The summed E-state index contributed by atoms with van der Waals surface area (Å²) in [6, 6.07) is 7.34. The van der Waals surface area contributed by atoms with Crippen molar-refractivity contribution in [1.29, 1.82) is 0 Å². The van der Waals surface area contributed by atoms with Gasteiger partial charge in [-0.1, -0.05) is 18.2 Å². The average molecular weight is 207 g/mol. The molecule has 1 aromatic carbocycles. The van der Waals surface area contributed by atoms with Crippen molar-refractivity contribution >= 4 is 17.6 Å². The first-order chi connectivity index (χ1) is 7.02. The Kier molecular flexibility index (Phi) is 3.44. The molecule has 0 saturated carbocycles. The van der Waals surface area contributed by atoms with E-state index in [4.69, 9.17) is 5.11 Å². The average Bonchev–Trinajstić information content (AvgIpc) is 2.16. The number of aryl methyl sites for hydroxylation is 1. The van der Waals surface area contributed by atoms with E-state index >= 15 is 0 Å². The number of carbonyl (C=O) groups is 2. The monoisotopic (exact) mass is 207 g/mol. The maximum Gasteiger partial charge on any atom is 0.312 e. The van der Waals surface area contributed by atoms with Crippen molar-refractivity contribution < 1.29 is 14.7 Å². The standard InChI is InChI=1S/C11H13NO3/c1-8-5-3-4-6-9(8)12(2)10(13)7-11(14)15/h3-6H,7H2,1-2H3,(H,14,15). The molecule has 0 heterocycles. The third kappa shape index (κ3) is 2.80. The van der Waals surface area contributed by atoms with Crippen molar-refractivity contribution in [3.8, 4) is 0 Å². The summed E-state index contributed by atoms with van der Waals surface area (Å²) in [7, 11) is 1.58. The predicted octanol–water partition coefficient (Wildman–Crippen LogP) is 1.43. The molecule has 80 valence electrons. The molecule has 0 aliphatic rings. The van der Waals surface area contributed by atoms with Crippen LogP contribution in [-0.4, -0.2) is 24.0 Å². The summed E-state index contributed by atoms with van der Waals surface area (Å²) in [5.41, 5.74) is 1.68. The lowest BCUT2D eigenvalue weighted by Gasteiger charge is -2.18. The van der Waals surface area contributed by atoms with Gasteiger partial charge in [-0.05, 0) is 18.6 Å². The maximum absolute atomic E-state index is 11.5. The minimum absolute atomic E-state index is 0.420. The van der Waals surface area contributed by atoms with E-state index in [9.17, 15) is 9.59 Å². The van der Waals surface area contributed by atoms with E-state index in [0.717, 1.165) is 11.3 Å². The van der Waals surface area contributed by atoms with Gasteiger partial charge in [-0.3, -0.25) is 9.59 Å². The molecule has 0 saturated heterocycles. The Morgan fingerprint density at radius 3 is 2.47 bits per heavy atom. The Bertz CT molecular complexity index is 387. The molecule has 0 spiro atoms. The molecule has 1 rings (SSSR count). The quantitative estimate of drug-likeness (QED) is 0.763. The van der Waals surface area contributed by atoms with Gasteiger partial charge in [-0.2, -0.15) is 0 Å². The van der Waals surface area contributed by atoms with E-state index in [2.05, 4.69) is 0 Å². The first-order valence-corrected chi connectivity index (χ1v) is 4.56. The van der Waals surface area contributed by atoms with Crippen molar-refractivity contribution in [3.63, 3.8) is 0 Å². The van der Waals surface area contributed by atoms with Crippen LogP contribution in [-0.2, 0) is 9.59 Å². The number of carboxylic acids is 1. The number of benzene rings is 1. The summed E-state index contributed by atoms with van der Waals surface area (Å²) in [6.45, 7) is 1.87. The van der Waals surface area contributed by atoms with Gasteiger partial charge in [0.1, 0.15) is 6.42 Å². The molecule has 0 unspecified atom stereocenters. The summed E-state index contributed by atoms with van der Waals surface area (Å²) in [6.07, 6.45) is -0.481. The molecule has 1 N–H and O–H groups in total. The molecular weight excluding hydrogens is 194 g/mol. The van der Waals surface area contributed by atoms with Crippen molar-refractivity contribution in [2.45, 2.75) is 13.3 Å². The highest BCUT2D eigenvalue weighted by atomic mass is 16.4. The Labute approximate surface area is 88.1 Å². The molecule has 15 heavy (non-hydrogen) atoms. The predicted molar refractivity (Wildman–Crippen MR) is 56.8 cm³/mol. The third-order valence-corrected chi connectivity index (χ3v) is 2.15. The molecule has 1 amide bonds. The maximum atomic E-state index is 11.5. The van der Waals surface area contributed by atoms with E-state index in [-0.39, 0.29) is 0 Å². The van der Waals surface area contributed by atoms with Gasteiger partial charge >= 0.3 is 5.97 Å². The fraction of sp³-hybridized carbons (Fsp3) is 0.273. The topological polar surface area (TPSA) is 57.6 Å². The second-order valence-corrected chi connectivity index (χ2v) is 3.31. The van der Waals surface area contributed by atoms with Crippen LogP contribution in [0.15, 0.2) is 24.3 Å². The highest BCUT2D eigenvalue weighted by molar-refractivity contribution is 6.02. The molecule has 0 atom stereocenters. The number of hydrogen-bond donors (Lipinski definition) is 1. The second-order valence-electron chi connectivity index (χ2n) is 3.31. The van der Waals surface area contributed by atoms with Crippen LogP contribution in [0.1, 0.15) is 12.0 Å². The number of carboxylic acid groups (broad SMARTS) is 1. The molecule has 0 fully saturated rings. The van der Waals surface area contributed by atoms with Crippen LogP contribution in [0.3, 0.4) is 0 Å². The normalized spacial score (nSPS) is 9.73. The minimum Gasteiger partial charge on any atom is -0.481 e. The van der Waals surface area contributed by atoms with Gasteiger partial charge in [-0.15, -0.1) is 0 Å². The van der Waals surface area contributed by atoms with Crippen LogP contribution >= 0.6 is 0 Å². The Balaban J connectivity index is 2.85. The molecule has 0 aliphatic carbocycles. The zero-order chi connectivity index (χ0) is 11.4. The number of amides is 1. The van der Waals surface area contributed by atoms with Gasteiger partial charge in [-0.25, -0.2) is 0 Å². The largest absolute Gasteiger partial charge is 0.481 e. The van der Waals surface area contributed by atoms with Crippen LogP contribution in [0.25, 0.3) is 0 Å². The number of carbonyl (C=O) groups excluding carboxylic acids is 1. The van der Waals surface area contributed by atoms with Crippen molar-refractivity contribution in [2.75, 3.05) is 11.9 Å². The van der Waals surface area contributed by atoms with E-state index in [1.807, 2.05) is 25.1 Å². The number of para-hydroxylation sites is 1. The Morgan fingerprint density at radius 1 is 1.33 bits per heavy atom. The van der Waals surface area contributed by atoms with Gasteiger partial charge in [0.05, 0.1) is 0 Å². The summed E-state index contributed by atoms with van der Waals surface area (Å²) >= 11 is 0. The molecule has 0 bridgehead atoms. The van der Waals surface area contributed by atoms with Gasteiger partial charge in [0.2, 0.25) is 5.91 Å². The third-order valence-electron chi connectivity index (χ3n) is 2.15. The second kappa shape index (κ2) is 4.59. The molecule has 0 aromatic heterocycles. The van der Waals surface area contributed by atoms with Crippen LogP contribution in [0.4, 0.5) is 5.69 Å². The fourth-order valence-corrected chi connectivity index (χ4v) is 1.32. The van der Waals surface area contributed by atoms with Gasteiger partial charge in [0, 0.05) is 12.7 Å². The summed E-state index contributed by atoms with van der Waals surface area (Å²) < 4.78 is 0. The Hall–Kier alpha value is -1.84. The summed E-state index contributed by atoms with van der Waals surface area (Å²) in [5, 5.41) is 8.50. The number of rotatable bonds is 3. The molecular formula is C11H13NO3. The van der Waals surface area contributed by atoms with Crippen LogP contribution in [0.2, 0.25) is 0 Å². The molecule has 0 radical (unpaired) electrons. The smallest absolute Gasteiger partial charge is 0.312 e. The number of nitrogens with zero attached hydrogens (tertiary/aromatic N) is 1. The number of anilines is 1. The van der Waals surface area contributed by atoms with Gasteiger partial charge < -0.3 is 10.0 Å². The number of aliphatic carboxylic acids is 1.